The van der Waals surface area contributed by atoms with E-state index in [1.807, 2.05) is 41.6 Å². The van der Waals surface area contributed by atoms with E-state index in [0.29, 0.717) is 9.13 Å². The number of carbonyl (C=O) groups is 1. The van der Waals surface area contributed by atoms with E-state index in [0.717, 1.165) is 11.6 Å². The van der Waals surface area contributed by atoms with Gasteiger partial charge in [0.2, 0.25) is 0 Å². The average molecular weight is 485 g/mol. The molecule has 0 aliphatic rings. The Morgan fingerprint density at radius 2 is 1.93 bits per heavy atom. The van der Waals surface area contributed by atoms with Gasteiger partial charge in [-0.05, 0) is 58.8 Å². The first kappa shape index (κ1) is 19.4. The zero-order valence-corrected chi connectivity index (χ0v) is 16.4. The molecule has 0 spiro atoms. The molecule has 0 saturated heterocycles. The summed E-state index contributed by atoms with van der Waals surface area (Å²) in [5.74, 6) is -0.0362. The third-order valence-electron chi connectivity index (χ3n) is 3.98. The van der Waals surface area contributed by atoms with Crippen LogP contribution >= 0.6 is 22.6 Å². The molecule has 0 radical (unpaired) electrons. The van der Waals surface area contributed by atoms with Crippen molar-refractivity contribution in [2.45, 2.75) is 19.6 Å². The number of anilines is 1. The van der Waals surface area contributed by atoms with Gasteiger partial charge in [0, 0.05) is 21.4 Å². The van der Waals surface area contributed by atoms with Crippen molar-refractivity contribution < 1.29 is 18.0 Å². The van der Waals surface area contributed by atoms with Crippen molar-refractivity contribution in [3.63, 3.8) is 0 Å². The molecule has 8 heteroatoms. The molecule has 0 unspecified atom stereocenters. The fourth-order valence-electron chi connectivity index (χ4n) is 2.65. The van der Waals surface area contributed by atoms with Gasteiger partial charge in [-0.15, -0.1) is 0 Å². The number of hydrogen-bond acceptors (Lipinski definition) is 2. The van der Waals surface area contributed by atoms with Crippen LogP contribution in [0.1, 0.15) is 27.0 Å². The summed E-state index contributed by atoms with van der Waals surface area (Å²) >= 11 is 1.85. The molecule has 0 atom stereocenters. The van der Waals surface area contributed by atoms with Gasteiger partial charge in [0.1, 0.15) is 0 Å². The number of benzene rings is 2. The van der Waals surface area contributed by atoms with Gasteiger partial charge in [0.05, 0.1) is 12.1 Å². The fraction of sp³-hybridized carbons (Fsp3) is 0.158. The first-order chi connectivity index (χ1) is 12.7. The maximum atomic E-state index is 13.2. The van der Waals surface area contributed by atoms with Gasteiger partial charge in [-0.1, -0.05) is 24.3 Å². The normalized spacial score (nSPS) is 11.4. The van der Waals surface area contributed by atoms with E-state index < -0.39 is 11.7 Å². The number of nitrogens with one attached hydrogen (secondary N) is 1. The number of halogens is 4. The van der Waals surface area contributed by atoms with Gasteiger partial charge < -0.3 is 5.32 Å². The van der Waals surface area contributed by atoms with E-state index in [9.17, 15) is 18.0 Å². The lowest BCUT2D eigenvalue weighted by Gasteiger charge is -2.13. The largest absolute Gasteiger partial charge is 0.416 e. The molecule has 3 rings (SSSR count). The molecule has 0 fully saturated rings. The van der Waals surface area contributed by atoms with E-state index in [4.69, 9.17) is 0 Å². The smallest absolute Gasteiger partial charge is 0.305 e. The quantitative estimate of drug-likeness (QED) is 0.522. The van der Waals surface area contributed by atoms with Crippen LogP contribution in [-0.2, 0) is 12.7 Å². The molecule has 3 aromatic rings. The second-order valence-electron chi connectivity index (χ2n) is 5.97. The molecule has 1 aromatic heterocycles. The van der Waals surface area contributed by atoms with Crippen LogP contribution in [0, 0.1) is 10.5 Å². The van der Waals surface area contributed by atoms with E-state index in [-0.39, 0.29) is 23.8 Å². The Balaban J connectivity index is 1.78. The molecule has 0 saturated carbocycles. The van der Waals surface area contributed by atoms with Crippen molar-refractivity contribution in [2.75, 3.05) is 5.32 Å². The van der Waals surface area contributed by atoms with Crippen LogP contribution in [0.25, 0.3) is 0 Å². The van der Waals surface area contributed by atoms with E-state index in [1.165, 1.54) is 16.9 Å². The Morgan fingerprint density at radius 1 is 1.19 bits per heavy atom. The second kappa shape index (κ2) is 7.71. The third kappa shape index (κ3) is 4.68. The van der Waals surface area contributed by atoms with Crippen molar-refractivity contribution in [1.29, 1.82) is 0 Å². The molecular formula is C19H15F3IN3O. The number of nitrogens with zero attached hydrogens (tertiary/aromatic N) is 2. The summed E-state index contributed by atoms with van der Waals surface area (Å²) in [6, 6.07) is 12.8. The summed E-state index contributed by atoms with van der Waals surface area (Å²) < 4.78 is 41.6. The van der Waals surface area contributed by atoms with Gasteiger partial charge in [-0.25, -0.2) is 0 Å². The predicted molar refractivity (Wildman–Crippen MR) is 105 cm³/mol. The zero-order chi connectivity index (χ0) is 19.6. The van der Waals surface area contributed by atoms with Crippen LogP contribution in [0.2, 0.25) is 0 Å². The molecule has 4 nitrogen and oxygen atoms in total. The minimum absolute atomic E-state index is 0.0496. The molecule has 1 N–H and O–H groups in total. The van der Waals surface area contributed by atoms with Gasteiger partial charge in [-0.3, -0.25) is 9.48 Å². The Kier molecular flexibility index (Phi) is 5.54. The summed E-state index contributed by atoms with van der Waals surface area (Å²) in [5, 5.41) is 6.83. The van der Waals surface area contributed by atoms with E-state index >= 15 is 0 Å². The summed E-state index contributed by atoms with van der Waals surface area (Å²) in [7, 11) is 0. The molecule has 2 aromatic carbocycles. The molecule has 1 amide bonds. The number of aromatic nitrogens is 2. The number of hydrogen-bond donors (Lipinski definition) is 1. The van der Waals surface area contributed by atoms with E-state index in [1.54, 1.807) is 24.3 Å². The standard InChI is InChI=1S/C19H15F3IN3O/c1-12-4-2-3-5-15(12)18(27)24-17-8-9-26(25-17)11-13-6-7-14(23)10-16(13)19(20,21)22/h2-10H,11H2,1H3,(H,24,25,27). The second-order valence-corrected chi connectivity index (χ2v) is 7.21. The highest BCUT2D eigenvalue weighted by molar-refractivity contribution is 14.1. The number of amides is 1. The maximum absolute atomic E-state index is 13.2. The topological polar surface area (TPSA) is 46.9 Å². The van der Waals surface area contributed by atoms with Crippen LogP contribution in [0.5, 0.6) is 0 Å². The Labute approximate surface area is 167 Å². The monoisotopic (exact) mass is 485 g/mol. The van der Waals surface area contributed by atoms with Crippen LogP contribution in [0.4, 0.5) is 19.0 Å². The molecule has 27 heavy (non-hydrogen) atoms. The SMILES string of the molecule is Cc1ccccc1C(=O)Nc1ccn(Cc2ccc(I)cc2C(F)(F)F)n1. The molecule has 140 valence electrons. The lowest BCUT2D eigenvalue weighted by atomic mass is 10.1. The summed E-state index contributed by atoms with van der Waals surface area (Å²) in [4.78, 5) is 12.3. The fourth-order valence-corrected chi connectivity index (χ4v) is 3.14. The molecule has 0 aliphatic carbocycles. The lowest BCUT2D eigenvalue weighted by Crippen LogP contribution is -2.15. The minimum atomic E-state index is -4.44. The van der Waals surface area contributed by atoms with Crippen LogP contribution in [-0.4, -0.2) is 15.7 Å². The van der Waals surface area contributed by atoms with Crippen LogP contribution in [0.3, 0.4) is 0 Å². The minimum Gasteiger partial charge on any atom is -0.305 e. The number of aryl methyl sites for hydroxylation is 1. The Morgan fingerprint density at radius 3 is 2.63 bits per heavy atom. The van der Waals surface area contributed by atoms with Crippen molar-refractivity contribution in [1.82, 2.24) is 9.78 Å². The van der Waals surface area contributed by atoms with Crippen molar-refractivity contribution in [3.8, 4) is 0 Å². The van der Waals surface area contributed by atoms with Crippen LogP contribution in [0.15, 0.2) is 54.7 Å². The highest BCUT2D eigenvalue weighted by Gasteiger charge is 2.33. The lowest BCUT2D eigenvalue weighted by molar-refractivity contribution is -0.138. The van der Waals surface area contributed by atoms with Gasteiger partial charge in [-0.2, -0.15) is 18.3 Å². The summed E-state index contributed by atoms with van der Waals surface area (Å²) in [6.45, 7) is 1.77. The highest BCUT2D eigenvalue weighted by atomic mass is 127. The number of rotatable bonds is 4. The predicted octanol–water partition coefficient (Wildman–Crippen LogP) is 5.12. The highest BCUT2D eigenvalue weighted by Crippen LogP contribution is 2.33. The van der Waals surface area contributed by atoms with E-state index in [2.05, 4.69) is 10.4 Å². The first-order valence-corrected chi connectivity index (χ1v) is 9.08. The van der Waals surface area contributed by atoms with Gasteiger partial charge in [0.25, 0.3) is 5.91 Å². The Hall–Kier alpha value is -2.36. The van der Waals surface area contributed by atoms with Crippen LogP contribution < -0.4 is 5.32 Å². The van der Waals surface area contributed by atoms with Crippen molar-refractivity contribution >= 4 is 34.3 Å². The summed E-state index contributed by atoms with van der Waals surface area (Å²) in [6.07, 6.45) is -2.91. The van der Waals surface area contributed by atoms with Crippen molar-refractivity contribution in [3.05, 3.63) is 80.6 Å². The van der Waals surface area contributed by atoms with Gasteiger partial charge in [0.15, 0.2) is 5.82 Å². The number of carbonyl (C=O) groups excluding carboxylic acids is 1. The number of alkyl halides is 3. The van der Waals surface area contributed by atoms with Gasteiger partial charge >= 0.3 is 6.18 Å². The average Bonchev–Trinajstić information content (AvgIpc) is 3.03. The summed E-state index contributed by atoms with van der Waals surface area (Å²) in [5.41, 5.74) is 0.769. The molecule has 0 aliphatic heterocycles. The maximum Gasteiger partial charge on any atom is 0.416 e. The molecule has 1 heterocycles. The molecule has 0 bridgehead atoms. The zero-order valence-electron chi connectivity index (χ0n) is 14.2. The molecular weight excluding hydrogens is 470 g/mol. The first-order valence-electron chi connectivity index (χ1n) is 8.00. The van der Waals surface area contributed by atoms with Crippen molar-refractivity contribution in [2.24, 2.45) is 0 Å². The Bertz CT molecular complexity index is 982. The third-order valence-corrected chi connectivity index (χ3v) is 4.65.